The number of nitrogens with zero attached hydrogens (tertiary/aromatic N) is 3. The summed E-state index contributed by atoms with van der Waals surface area (Å²) in [4.78, 5) is 4.63. The fraction of sp³-hybridized carbons (Fsp3) is 0.545. The molecule has 1 aliphatic carbocycles. The average molecular weight is 252 g/mol. The lowest BCUT2D eigenvalue weighted by Gasteiger charge is -2.31. The van der Waals surface area contributed by atoms with Gasteiger partial charge in [-0.2, -0.15) is 0 Å². The number of aliphatic hydroxyl groups is 1. The second kappa shape index (κ2) is 4.04. The molecule has 2 aliphatic heterocycles. The van der Waals surface area contributed by atoms with E-state index in [1.807, 2.05) is 5.01 Å². The van der Waals surface area contributed by atoms with E-state index in [-0.39, 0.29) is 0 Å². The Morgan fingerprint density at radius 2 is 2.24 bits per heavy atom. The van der Waals surface area contributed by atoms with Crippen molar-refractivity contribution in [1.82, 2.24) is 15.6 Å². The SMILES string of the molecule is CC(O)N1C=C2N=C3CCCCC3=C(S)N2N1. The zero-order valence-corrected chi connectivity index (χ0v) is 10.6. The molecule has 0 bridgehead atoms. The van der Waals surface area contributed by atoms with Crippen LogP contribution in [-0.4, -0.2) is 27.1 Å². The number of aliphatic imine (C=N–C) groups is 1. The van der Waals surface area contributed by atoms with Crippen LogP contribution in [0.2, 0.25) is 0 Å². The molecule has 0 aromatic rings. The number of nitrogens with one attached hydrogen (secondary N) is 1. The highest BCUT2D eigenvalue weighted by molar-refractivity contribution is 7.84. The van der Waals surface area contributed by atoms with Crippen molar-refractivity contribution in [3.63, 3.8) is 0 Å². The summed E-state index contributed by atoms with van der Waals surface area (Å²) in [6.45, 7) is 1.70. The van der Waals surface area contributed by atoms with Crippen LogP contribution >= 0.6 is 12.6 Å². The van der Waals surface area contributed by atoms with Gasteiger partial charge in [0.15, 0.2) is 5.82 Å². The molecule has 92 valence electrons. The van der Waals surface area contributed by atoms with E-state index >= 15 is 0 Å². The number of hydrogen-bond donors (Lipinski definition) is 3. The lowest BCUT2D eigenvalue weighted by atomic mass is 9.92. The summed E-state index contributed by atoms with van der Waals surface area (Å²) in [5.74, 6) is 0.802. The van der Waals surface area contributed by atoms with Crippen LogP contribution in [-0.2, 0) is 0 Å². The van der Waals surface area contributed by atoms with Gasteiger partial charge >= 0.3 is 0 Å². The van der Waals surface area contributed by atoms with E-state index in [9.17, 15) is 5.11 Å². The first kappa shape index (κ1) is 11.1. The van der Waals surface area contributed by atoms with Crippen LogP contribution in [0, 0.1) is 0 Å². The van der Waals surface area contributed by atoms with E-state index in [0.717, 1.165) is 29.4 Å². The van der Waals surface area contributed by atoms with Crippen LogP contribution < -0.4 is 5.53 Å². The van der Waals surface area contributed by atoms with Crippen molar-refractivity contribution in [3.8, 4) is 0 Å². The highest BCUT2D eigenvalue weighted by Gasteiger charge is 2.32. The fourth-order valence-corrected chi connectivity index (χ4v) is 2.72. The first-order chi connectivity index (χ1) is 8.16. The second-order valence-electron chi connectivity index (χ2n) is 4.53. The Kier molecular flexibility index (Phi) is 2.65. The standard InChI is InChI=1S/C11H16N4OS/c1-7(16)14-6-10-12-9-5-3-2-4-8(9)11(17)15(10)13-14/h6-7,13,16-17H,2-5H2,1H3. The van der Waals surface area contributed by atoms with Crippen LogP contribution in [0.4, 0.5) is 0 Å². The van der Waals surface area contributed by atoms with Gasteiger partial charge in [0, 0.05) is 11.3 Å². The lowest BCUT2D eigenvalue weighted by Crippen LogP contribution is -2.44. The number of thiol groups is 1. The molecule has 3 rings (SSSR count). The predicted molar refractivity (Wildman–Crippen MR) is 68.5 cm³/mol. The molecule has 0 spiro atoms. The maximum atomic E-state index is 9.55. The molecule has 1 saturated carbocycles. The molecule has 6 heteroatoms. The van der Waals surface area contributed by atoms with Crippen molar-refractivity contribution in [2.24, 2.45) is 4.99 Å². The second-order valence-corrected chi connectivity index (χ2v) is 4.95. The van der Waals surface area contributed by atoms with Gasteiger partial charge in [-0.15, -0.1) is 18.2 Å². The third-order valence-electron chi connectivity index (χ3n) is 3.27. The molecule has 0 aromatic heterocycles. The molecular weight excluding hydrogens is 236 g/mol. The molecular formula is C11H16N4OS. The van der Waals surface area contributed by atoms with Crippen molar-refractivity contribution in [3.05, 3.63) is 22.6 Å². The van der Waals surface area contributed by atoms with Crippen molar-refractivity contribution < 1.29 is 5.11 Å². The van der Waals surface area contributed by atoms with Gasteiger partial charge in [0.1, 0.15) is 6.23 Å². The van der Waals surface area contributed by atoms with E-state index in [2.05, 4.69) is 23.2 Å². The van der Waals surface area contributed by atoms with Crippen molar-refractivity contribution in [1.29, 1.82) is 0 Å². The smallest absolute Gasteiger partial charge is 0.167 e. The van der Waals surface area contributed by atoms with Crippen LogP contribution in [0.1, 0.15) is 32.6 Å². The zero-order valence-electron chi connectivity index (χ0n) is 9.72. The summed E-state index contributed by atoms with van der Waals surface area (Å²) in [5, 5.41) is 13.9. The maximum Gasteiger partial charge on any atom is 0.167 e. The maximum absolute atomic E-state index is 9.55. The summed E-state index contributed by atoms with van der Waals surface area (Å²) in [5.41, 5.74) is 5.44. The number of hydrazine groups is 2. The highest BCUT2D eigenvalue weighted by Crippen LogP contribution is 2.35. The number of allylic oxidation sites excluding steroid dienone is 1. The predicted octanol–water partition coefficient (Wildman–Crippen LogP) is 1.33. The van der Waals surface area contributed by atoms with E-state index in [0.29, 0.717) is 0 Å². The minimum atomic E-state index is -0.596. The van der Waals surface area contributed by atoms with Gasteiger partial charge in [0.05, 0.1) is 11.2 Å². The van der Waals surface area contributed by atoms with Gasteiger partial charge in [0.2, 0.25) is 0 Å². The van der Waals surface area contributed by atoms with E-state index in [4.69, 9.17) is 0 Å². The Bertz CT molecular complexity index is 441. The third-order valence-corrected chi connectivity index (χ3v) is 3.74. The first-order valence-corrected chi connectivity index (χ1v) is 6.36. The molecule has 3 aliphatic rings. The number of hydrogen-bond acceptors (Lipinski definition) is 6. The molecule has 1 atom stereocenters. The number of rotatable bonds is 1. The molecule has 0 aromatic carbocycles. The van der Waals surface area contributed by atoms with E-state index in [1.54, 1.807) is 18.1 Å². The number of fused-ring (bicyclic) bond motifs is 2. The Morgan fingerprint density at radius 3 is 3.00 bits per heavy atom. The van der Waals surface area contributed by atoms with Gasteiger partial charge < -0.3 is 5.11 Å². The van der Waals surface area contributed by atoms with E-state index < -0.39 is 6.23 Å². The summed E-state index contributed by atoms with van der Waals surface area (Å²) in [7, 11) is 0. The monoisotopic (exact) mass is 252 g/mol. The molecule has 0 amide bonds. The van der Waals surface area contributed by atoms with Gasteiger partial charge in [-0.3, -0.25) is 5.01 Å². The Balaban J connectivity index is 1.96. The average Bonchev–Trinajstić information content (AvgIpc) is 2.74. The van der Waals surface area contributed by atoms with Crippen LogP contribution in [0.3, 0.4) is 0 Å². The van der Waals surface area contributed by atoms with Crippen LogP contribution in [0.25, 0.3) is 0 Å². The van der Waals surface area contributed by atoms with Gasteiger partial charge in [-0.05, 0) is 32.6 Å². The summed E-state index contributed by atoms with van der Waals surface area (Å²) in [6, 6.07) is 0. The Morgan fingerprint density at radius 1 is 1.47 bits per heavy atom. The number of aliphatic hydroxyl groups excluding tert-OH is 1. The highest BCUT2D eigenvalue weighted by atomic mass is 32.1. The third kappa shape index (κ3) is 1.76. The van der Waals surface area contributed by atoms with Crippen molar-refractivity contribution in [2.45, 2.75) is 38.8 Å². The largest absolute Gasteiger partial charge is 0.372 e. The molecule has 0 radical (unpaired) electrons. The van der Waals surface area contributed by atoms with Gasteiger partial charge in [-0.1, -0.05) is 0 Å². The molecule has 1 fully saturated rings. The normalized spacial score (nSPS) is 25.4. The summed E-state index contributed by atoms with van der Waals surface area (Å²) in [6.07, 6.45) is 5.67. The fourth-order valence-electron chi connectivity index (χ4n) is 2.33. The Hall–Kier alpha value is -0.980. The first-order valence-electron chi connectivity index (χ1n) is 5.91. The lowest BCUT2D eigenvalue weighted by molar-refractivity contribution is -0.00562. The Labute approximate surface area is 106 Å². The molecule has 1 unspecified atom stereocenters. The van der Waals surface area contributed by atoms with Crippen LogP contribution in [0.5, 0.6) is 0 Å². The molecule has 5 nitrogen and oxygen atoms in total. The summed E-state index contributed by atoms with van der Waals surface area (Å²) >= 11 is 4.58. The molecule has 2 heterocycles. The van der Waals surface area contributed by atoms with Gasteiger partial charge in [0.25, 0.3) is 0 Å². The summed E-state index contributed by atoms with van der Waals surface area (Å²) < 4.78 is 0. The molecule has 2 N–H and O–H groups in total. The van der Waals surface area contributed by atoms with Crippen molar-refractivity contribution >= 4 is 18.3 Å². The topological polar surface area (TPSA) is 51.1 Å². The quantitative estimate of drug-likeness (QED) is 0.616. The van der Waals surface area contributed by atoms with E-state index in [1.165, 1.54) is 18.4 Å². The van der Waals surface area contributed by atoms with Gasteiger partial charge in [-0.25, -0.2) is 10.0 Å². The minimum absolute atomic E-state index is 0.596. The van der Waals surface area contributed by atoms with Crippen LogP contribution in [0.15, 0.2) is 27.6 Å². The molecule has 0 saturated heterocycles. The van der Waals surface area contributed by atoms with Crippen molar-refractivity contribution in [2.75, 3.05) is 0 Å². The zero-order chi connectivity index (χ0) is 12.0. The minimum Gasteiger partial charge on any atom is -0.372 e. The molecule has 17 heavy (non-hydrogen) atoms.